The molecule has 2 fully saturated rings. The minimum Gasteiger partial charge on any atom is -0.472 e. The predicted octanol–water partition coefficient (Wildman–Crippen LogP) is 0.787. The Morgan fingerprint density at radius 2 is 2.10 bits per heavy atom. The summed E-state index contributed by atoms with van der Waals surface area (Å²) in [4.78, 5) is 14.0. The van der Waals surface area contributed by atoms with E-state index in [1.807, 2.05) is 0 Å². The molecule has 1 spiro atoms. The number of carbonyl (C=O) groups is 1. The molecular formula is C15H21NO5. The van der Waals surface area contributed by atoms with Gasteiger partial charge in [0.05, 0.1) is 24.0 Å². The second kappa shape index (κ2) is 5.12. The average Bonchev–Trinajstić information content (AvgIpc) is 2.99. The van der Waals surface area contributed by atoms with Gasteiger partial charge in [-0.1, -0.05) is 0 Å². The Morgan fingerprint density at radius 1 is 1.38 bits per heavy atom. The van der Waals surface area contributed by atoms with Crippen LogP contribution in [0.2, 0.25) is 0 Å². The van der Waals surface area contributed by atoms with Crippen LogP contribution in [0.1, 0.15) is 36.5 Å². The maximum atomic E-state index is 12.3. The number of ether oxygens (including phenoxy) is 1. The third kappa shape index (κ3) is 2.47. The van der Waals surface area contributed by atoms with Crippen LogP contribution in [-0.4, -0.2) is 58.0 Å². The number of aliphatic hydroxyl groups is 2. The van der Waals surface area contributed by atoms with E-state index in [1.165, 1.54) is 12.5 Å². The highest BCUT2D eigenvalue weighted by molar-refractivity contribution is 5.93. The number of nitrogens with zero attached hydrogens (tertiary/aromatic N) is 1. The van der Waals surface area contributed by atoms with E-state index < -0.39 is 17.3 Å². The van der Waals surface area contributed by atoms with Crippen LogP contribution in [0, 0.1) is 0 Å². The van der Waals surface area contributed by atoms with E-state index in [1.54, 1.807) is 17.9 Å². The Labute approximate surface area is 123 Å². The molecule has 1 aromatic heterocycles. The third-order valence-electron chi connectivity index (χ3n) is 4.75. The SMILES string of the molecule is C[C@@]1(O)CCOC2(CCN(C(=O)c3ccoc3)CC2)[C@H]1O. The predicted molar refractivity (Wildman–Crippen MR) is 73.8 cm³/mol. The summed E-state index contributed by atoms with van der Waals surface area (Å²) in [7, 11) is 0. The van der Waals surface area contributed by atoms with E-state index in [0.717, 1.165) is 0 Å². The first-order chi connectivity index (χ1) is 9.95. The summed E-state index contributed by atoms with van der Waals surface area (Å²) in [6.07, 6.45) is 3.45. The van der Waals surface area contributed by atoms with E-state index in [9.17, 15) is 15.0 Å². The van der Waals surface area contributed by atoms with E-state index in [-0.39, 0.29) is 5.91 Å². The molecule has 21 heavy (non-hydrogen) atoms. The zero-order valence-electron chi connectivity index (χ0n) is 12.1. The summed E-state index contributed by atoms with van der Waals surface area (Å²) in [5, 5.41) is 20.7. The lowest BCUT2D eigenvalue weighted by atomic mass is 9.75. The number of likely N-dealkylation sites (tertiary alicyclic amines) is 1. The van der Waals surface area contributed by atoms with Crippen LogP contribution >= 0.6 is 0 Å². The second-order valence-corrected chi connectivity index (χ2v) is 6.23. The minimum absolute atomic E-state index is 0.0735. The van der Waals surface area contributed by atoms with E-state index in [0.29, 0.717) is 44.5 Å². The first-order valence-electron chi connectivity index (χ1n) is 7.30. The van der Waals surface area contributed by atoms with Gasteiger partial charge in [0.15, 0.2) is 0 Å². The summed E-state index contributed by atoms with van der Waals surface area (Å²) in [5.41, 5.74) is -1.34. The molecule has 0 bridgehead atoms. The van der Waals surface area contributed by atoms with Crippen molar-refractivity contribution in [3.63, 3.8) is 0 Å². The Bertz CT molecular complexity index is 502. The second-order valence-electron chi connectivity index (χ2n) is 6.23. The fourth-order valence-corrected chi connectivity index (χ4v) is 3.32. The molecule has 2 atom stereocenters. The smallest absolute Gasteiger partial charge is 0.257 e. The van der Waals surface area contributed by atoms with Crippen LogP contribution in [0.4, 0.5) is 0 Å². The molecule has 2 N–H and O–H groups in total. The van der Waals surface area contributed by atoms with Crippen LogP contribution in [0.3, 0.4) is 0 Å². The average molecular weight is 295 g/mol. The molecule has 0 radical (unpaired) electrons. The molecule has 6 heteroatoms. The minimum atomic E-state index is -1.13. The molecule has 0 aliphatic carbocycles. The van der Waals surface area contributed by atoms with Crippen LogP contribution < -0.4 is 0 Å². The van der Waals surface area contributed by atoms with Gasteiger partial charge in [0.2, 0.25) is 0 Å². The maximum Gasteiger partial charge on any atom is 0.257 e. The number of furan rings is 1. The topological polar surface area (TPSA) is 83.1 Å². The summed E-state index contributed by atoms with van der Waals surface area (Å²) in [6, 6.07) is 1.64. The Hall–Kier alpha value is -1.37. The quantitative estimate of drug-likeness (QED) is 0.800. The Morgan fingerprint density at radius 3 is 2.71 bits per heavy atom. The Balaban J connectivity index is 1.69. The number of aliphatic hydroxyl groups excluding tert-OH is 1. The zero-order valence-corrected chi connectivity index (χ0v) is 12.1. The largest absolute Gasteiger partial charge is 0.472 e. The number of piperidine rings is 1. The number of hydrogen-bond acceptors (Lipinski definition) is 5. The first-order valence-corrected chi connectivity index (χ1v) is 7.30. The van der Waals surface area contributed by atoms with E-state index >= 15 is 0 Å². The fourth-order valence-electron chi connectivity index (χ4n) is 3.32. The lowest BCUT2D eigenvalue weighted by Gasteiger charge is -2.51. The van der Waals surface area contributed by atoms with Crippen molar-refractivity contribution in [3.8, 4) is 0 Å². The summed E-state index contributed by atoms with van der Waals surface area (Å²) >= 11 is 0. The molecular weight excluding hydrogens is 274 g/mol. The van der Waals surface area contributed by atoms with Gasteiger partial charge < -0.3 is 24.3 Å². The van der Waals surface area contributed by atoms with Gasteiger partial charge in [0.25, 0.3) is 5.91 Å². The van der Waals surface area contributed by atoms with Gasteiger partial charge in [-0.25, -0.2) is 0 Å². The highest BCUT2D eigenvalue weighted by Crippen LogP contribution is 2.39. The molecule has 116 valence electrons. The molecule has 1 amide bonds. The van der Waals surface area contributed by atoms with Gasteiger partial charge in [-0.3, -0.25) is 4.79 Å². The number of rotatable bonds is 1. The van der Waals surface area contributed by atoms with Crippen molar-refractivity contribution in [1.82, 2.24) is 4.90 Å². The molecule has 3 heterocycles. The van der Waals surface area contributed by atoms with Crippen molar-refractivity contribution in [2.24, 2.45) is 0 Å². The fraction of sp³-hybridized carbons (Fsp3) is 0.667. The molecule has 3 rings (SSSR count). The van der Waals surface area contributed by atoms with Gasteiger partial charge in [-0.05, 0) is 25.8 Å². The number of carbonyl (C=O) groups excluding carboxylic acids is 1. The van der Waals surface area contributed by atoms with Crippen LogP contribution in [0.25, 0.3) is 0 Å². The highest BCUT2D eigenvalue weighted by atomic mass is 16.5. The van der Waals surface area contributed by atoms with Crippen molar-refractivity contribution in [2.45, 2.75) is 43.5 Å². The summed E-state index contributed by atoms with van der Waals surface area (Å²) < 4.78 is 10.7. The van der Waals surface area contributed by atoms with Gasteiger partial charge in [0, 0.05) is 19.5 Å². The molecule has 2 aliphatic heterocycles. The van der Waals surface area contributed by atoms with Crippen molar-refractivity contribution in [2.75, 3.05) is 19.7 Å². The van der Waals surface area contributed by atoms with Crippen molar-refractivity contribution < 1.29 is 24.2 Å². The normalized spacial score (nSPS) is 32.3. The standard InChI is InChI=1S/C15H21NO5/c1-14(19)5-9-21-15(13(14)18)3-6-16(7-4-15)12(17)11-2-8-20-10-11/h2,8,10,13,18-19H,3-7,9H2,1H3/t13-,14+/m0/s1. The summed E-state index contributed by atoms with van der Waals surface area (Å²) in [5.74, 6) is -0.0735. The van der Waals surface area contributed by atoms with Crippen molar-refractivity contribution >= 4 is 5.91 Å². The molecule has 1 aromatic rings. The van der Waals surface area contributed by atoms with Gasteiger partial charge in [-0.15, -0.1) is 0 Å². The summed E-state index contributed by atoms with van der Waals surface area (Å²) in [6.45, 7) is 3.07. The van der Waals surface area contributed by atoms with E-state index in [4.69, 9.17) is 9.15 Å². The van der Waals surface area contributed by atoms with Gasteiger partial charge in [0.1, 0.15) is 18.0 Å². The molecule has 2 saturated heterocycles. The van der Waals surface area contributed by atoms with E-state index in [2.05, 4.69) is 0 Å². The van der Waals surface area contributed by atoms with Crippen molar-refractivity contribution in [1.29, 1.82) is 0 Å². The van der Waals surface area contributed by atoms with Gasteiger partial charge in [-0.2, -0.15) is 0 Å². The number of amides is 1. The van der Waals surface area contributed by atoms with Crippen LogP contribution in [0.15, 0.2) is 23.0 Å². The van der Waals surface area contributed by atoms with Crippen LogP contribution in [-0.2, 0) is 4.74 Å². The lowest BCUT2D eigenvalue weighted by molar-refractivity contribution is -0.244. The van der Waals surface area contributed by atoms with Crippen LogP contribution in [0.5, 0.6) is 0 Å². The molecule has 0 aromatic carbocycles. The lowest BCUT2D eigenvalue weighted by Crippen LogP contribution is -2.64. The highest BCUT2D eigenvalue weighted by Gasteiger charge is 2.52. The Kier molecular flexibility index (Phi) is 3.55. The monoisotopic (exact) mass is 295 g/mol. The van der Waals surface area contributed by atoms with Crippen molar-refractivity contribution in [3.05, 3.63) is 24.2 Å². The molecule has 6 nitrogen and oxygen atoms in total. The molecule has 2 aliphatic rings. The molecule has 0 saturated carbocycles. The van der Waals surface area contributed by atoms with Gasteiger partial charge >= 0.3 is 0 Å². The maximum absolute atomic E-state index is 12.3. The third-order valence-corrected chi connectivity index (χ3v) is 4.75. The molecule has 0 unspecified atom stereocenters. The first kappa shape index (κ1) is 14.6. The number of hydrogen-bond donors (Lipinski definition) is 2. The zero-order chi connectivity index (χ0) is 15.1.